The van der Waals surface area contributed by atoms with Crippen molar-refractivity contribution >= 4 is 0 Å². The highest BCUT2D eigenvalue weighted by atomic mass is 19.1. The minimum atomic E-state index is -0.646. The zero-order valence-corrected chi connectivity index (χ0v) is 13.9. The molecule has 4 nitrogen and oxygen atoms in total. The number of methoxy groups -OCH3 is 1. The van der Waals surface area contributed by atoms with E-state index < -0.39 is 18.8 Å². The molecule has 0 aliphatic rings. The lowest BCUT2D eigenvalue weighted by molar-refractivity contribution is 0.102. The minimum absolute atomic E-state index is 0.432. The van der Waals surface area contributed by atoms with Gasteiger partial charge in [0.2, 0.25) is 0 Å². The number of rotatable bonds is 9. The fraction of sp³-hybridized carbons (Fsp3) is 0.625. The number of nitrogens with one attached hydrogen (secondary N) is 1. The molecule has 3 atom stereocenters. The monoisotopic (exact) mass is 302 g/mol. The number of hydroxylamine groups is 1. The molecule has 5 heteroatoms. The van der Waals surface area contributed by atoms with E-state index in [0.717, 1.165) is 12.0 Å². The lowest BCUT2D eigenvalue weighted by Crippen LogP contribution is -2.39. The Kier molecular flexibility index (Phi) is 16.3. The molecular weight excluding hydrogens is 271 g/mol. The molecule has 124 valence electrons. The van der Waals surface area contributed by atoms with Crippen LogP contribution in [0.3, 0.4) is 0 Å². The molecule has 0 aromatic carbocycles. The van der Waals surface area contributed by atoms with Gasteiger partial charge in [-0.15, -0.1) is 0 Å². The van der Waals surface area contributed by atoms with Crippen molar-refractivity contribution in [1.29, 1.82) is 0 Å². The summed E-state index contributed by atoms with van der Waals surface area (Å²) in [5.74, 6) is 0.474. The molecule has 0 heterocycles. The van der Waals surface area contributed by atoms with E-state index in [1.165, 1.54) is 7.11 Å². The molecule has 0 fully saturated rings. The summed E-state index contributed by atoms with van der Waals surface area (Å²) in [5.41, 5.74) is 8.97. The van der Waals surface area contributed by atoms with Gasteiger partial charge in [0.15, 0.2) is 0 Å². The lowest BCUT2D eigenvalue weighted by atomic mass is 10.00. The van der Waals surface area contributed by atoms with Gasteiger partial charge in [-0.3, -0.25) is 0 Å². The van der Waals surface area contributed by atoms with Crippen molar-refractivity contribution in [2.45, 2.75) is 32.4 Å². The van der Waals surface area contributed by atoms with Crippen LogP contribution in [0.2, 0.25) is 0 Å². The molecule has 3 N–H and O–H groups in total. The van der Waals surface area contributed by atoms with E-state index in [9.17, 15) is 4.39 Å². The van der Waals surface area contributed by atoms with Crippen LogP contribution in [0.5, 0.6) is 0 Å². The Bertz CT molecular complexity index is 305. The highest BCUT2D eigenvalue weighted by Gasteiger charge is 2.19. The van der Waals surface area contributed by atoms with E-state index in [4.69, 9.17) is 10.5 Å². The topological polar surface area (TPSA) is 56.5 Å². The van der Waals surface area contributed by atoms with Crippen molar-refractivity contribution in [2.24, 2.45) is 11.7 Å². The fourth-order valence-corrected chi connectivity index (χ4v) is 1.43. The first-order valence-corrected chi connectivity index (χ1v) is 7.07. The Hall–Kier alpha value is -1.01. The Morgan fingerprint density at radius 3 is 2.33 bits per heavy atom. The third kappa shape index (κ3) is 11.3. The summed E-state index contributed by atoms with van der Waals surface area (Å²) in [7, 11) is 4.81. The molecule has 0 radical (unpaired) electrons. The summed E-state index contributed by atoms with van der Waals surface area (Å²) in [5, 5.41) is 0. The van der Waals surface area contributed by atoms with Crippen LogP contribution in [0, 0.1) is 5.92 Å². The molecule has 0 aliphatic heterocycles. The molecule has 0 bridgehead atoms. The fourth-order valence-electron chi connectivity index (χ4n) is 1.43. The maximum Gasteiger partial charge on any atom is 0.107 e. The summed E-state index contributed by atoms with van der Waals surface area (Å²) in [6.45, 7) is 7.28. The molecule has 0 aromatic heterocycles. The third-order valence-corrected chi connectivity index (χ3v) is 2.93. The molecule has 0 aliphatic carbocycles. The number of nitrogens with two attached hydrogens (primary N) is 1. The number of hydrogen-bond acceptors (Lipinski definition) is 4. The molecule has 0 saturated carbocycles. The van der Waals surface area contributed by atoms with Crippen LogP contribution in [-0.4, -0.2) is 40.1 Å². The predicted octanol–water partition coefficient (Wildman–Crippen LogP) is 2.78. The Labute approximate surface area is 128 Å². The number of ether oxygens (including phenoxy) is 1. The normalized spacial score (nSPS) is 16.0. The van der Waals surface area contributed by atoms with Crippen LogP contribution in [0.25, 0.3) is 0 Å². The van der Waals surface area contributed by atoms with Gasteiger partial charge < -0.3 is 15.3 Å². The summed E-state index contributed by atoms with van der Waals surface area (Å²) >= 11 is 0. The van der Waals surface area contributed by atoms with Crippen LogP contribution in [0.15, 0.2) is 36.5 Å². The van der Waals surface area contributed by atoms with Crippen LogP contribution in [-0.2, 0) is 9.57 Å². The zero-order valence-electron chi connectivity index (χ0n) is 13.9. The number of allylic oxidation sites excluding steroid dienone is 3. The van der Waals surface area contributed by atoms with Gasteiger partial charge in [-0.05, 0) is 11.5 Å². The maximum atomic E-state index is 12.6. The maximum absolute atomic E-state index is 12.6. The third-order valence-electron chi connectivity index (χ3n) is 2.93. The van der Waals surface area contributed by atoms with Gasteiger partial charge in [-0.25, -0.2) is 9.87 Å². The van der Waals surface area contributed by atoms with Crippen molar-refractivity contribution in [1.82, 2.24) is 5.48 Å². The summed E-state index contributed by atoms with van der Waals surface area (Å²) in [4.78, 5) is 4.29. The van der Waals surface area contributed by atoms with Crippen molar-refractivity contribution in [3.8, 4) is 0 Å². The molecule has 0 rings (SSSR count). The van der Waals surface area contributed by atoms with E-state index in [1.54, 1.807) is 20.2 Å². The van der Waals surface area contributed by atoms with Crippen LogP contribution < -0.4 is 11.2 Å². The second-order valence-electron chi connectivity index (χ2n) is 4.53. The van der Waals surface area contributed by atoms with Crippen LogP contribution >= 0.6 is 0 Å². The number of halogens is 1. The second kappa shape index (κ2) is 15.4. The molecular formula is C16H31FN2O2. The number of hydrogen-bond donors (Lipinski definition) is 2. The minimum Gasteiger partial charge on any atom is -0.375 e. The Balaban J connectivity index is 0. The van der Waals surface area contributed by atoms with E-state index in [1.807, 2.05) is 12.2 Å². The molecule has 0 amide bonds. The summed E-state index contributed by atoms with van der Waals surface area (Å²) in [6.07, 6.45) is 8.12. The first-order valence-electron chi connectivity index (χ1n) is 7.07. The van der Waals surface area contributed by atoms with Gasteiger partial charge in [0, 0.05) is 14.2 Å². The van der Waals surface area contributed by atoms with Crippen molar-refractivity contribution in [2.75, 3.05) is 27.9 Å². The smallest absolute Gasteiger partial charge is 0.107 e. The van der Waals surface area contributed by atoms with Crippen molar-refractivity contribution in [3.05, 3.63) is 36.5 Å². The van der Waals surface area contributed by atoms with E-state index in [0.29, 0.717) is 5.92 Å². The van der Waals surface area contributed by atoms with Crippen LogP contribution in [0.4, 0.5) is 4.39 Å². The van der Waals surface area contributed by atoms with Gasteiger partial charge in [0.25, 0.3) is 0 Å². The summed E-state index contributed by atoms with van der Waals surface area (Å²) < 4.78 is 17.9. The van der Waals surface area contributed by atoms with Gasteiger partial charge in [0.05, 0.1) is 19.3 Å². The average Bonchev–Trinajstić information content (AvgIpc) is 2.52. The average molecular weight is 302 g/mol. The second-order valence-corrected chi connectivity index (χ2v) is 4.53. The van der Waals surface area contributed by atoms with Gasteiger partial charge in [-0.1, -0.05) is 51.2 Å². The standard InChI is InChI=1S/C14H24FNO.C2H7NO/c1-5-7-12(9-8-11(3)6-2)14(17-4)13(16)10-15;1-3-4-2/h5,7-9,11,13-14H,1,6,10,16H2,2-4H3;3H,1-2H3/b9-8-,12-7+;. The SMILES string of the molecule is C=C/C=C(\C=C/C(C)CC)C(OC)C(N)CF.CNOC. The van der Waals surface area contributed by atoms with E-state index in [-0.39, 0.29) is 0 Å². The van der Waals surface area contributed by atoms with Crippen LogP contribution in [0.1, 0.15) is 20.3 Å². The largest absolute Gasteiger partial charge is 0.375 e. The highest BCUT2D eigenvalue weighted by molar-refractivity contribution is 5.28. The molecule has 0 saturated heterocycles. The van der Waals surface area contributed by atoms with E-state index >= 15 is 0 Å². The van der Waals surface area contributed by atoms with Crippen molar-refractivity contribution < 1.29 is 14.0 Å². The van der Waals surface area contributed by atoms with Gasteiger partial charge in [0.1, 0.15) is 6.67 Å². The molecule has 3 unspecified atom stereocenters. The zero-order chi connectivity index (χ0) is 16.7. The van der Waals surface area contributed by atoms with E-state index in [2.05, 4.69) is 36.8 Å². The van der Waals surface area contributed by atoms with Gasteiger partial charge in [-0.2, -0.15) is 0 Å². The van der Waals surface area contributed by atoms with Gasteiger partial charge >= 0.3 is 0 Å². The first kappa shape index (κ1) is 22.3. The Morgan fingerprint density at radius 2 is 2.00 bits per heavy atom. The summed E-state index contributed by atoms with van der Waals surface area (Å²) in [6, 6.07) is -0.646. The predicted molar refractivity (Wildman–Crippen MR) is 87.7 cm³/mol. The highest BCUT2D eigenvalue weighted by Crippen LogP contribution is 2.14. The Morgan fingerprint density at radius 1 is 1.43 bits per heavy atom. The molecule has 0 aromatic rings. The molecule has 21 heavy (non-hydrogen) atoms. The quantitative estimate of drug-likeness (QED) is 0.508. The molecule has 0 spiro atoms. The first-order chi connectivity index (χ1) is 10.0. The van der Waals surface area contributed by atoms with Crippen molar-refractivity contribution in [3.63, 3.8) is 0 Å². The lowest BCUT2D eigenvalue weighted by Gasteiger charge is -2.21. The number of alkyl halides is 1.